The molecule has 21 heavy (non-hydrogen) atoms. The van der Waals surface area contributed by atoms with Crippen molar-refractivity contribution in [2.75, 3.05) is 7.11 Å². The Morgan fingerprint density at radius 1 is 1.24 bits per heavy atom. The summed E-state index contributed by atoms with van der Waals surface area (Å²) in [7, 11) is 1.33. The number of benzene rings is 1. The van der Waals surface area contributed by atoms with E-state index in [1.54, 1.807) is 12.1 Å². The molecule has 4 heteroatoms. The number of Topliss-reactive ketones (excluding diaryl/α,β-unsaturated/α-hetero) is 1. The van der Waals surface area contributed by atoms with E-state index in [-0.39, 0.29) is 29.9 Å². The molecule has 0 heterocycles. The molecule has 1 saturated carbocycles. The van der Waals surface area contributed by atoms with Gasteiger partial charge < -0.3 is 4.74 Å². The van der Waals surface area contributed by atoms with E-state index in [1.165, 1.54) is 19.2 Å². The number of hydrogen-bond acceptors (Lipinski definition) is 3. The number of ether oxygens (including phenoxy) is 1. The maximum Gasteiger partial charge on any atom is 0.309 e. The number of halogens is 1. The molecule has 0 aromatic heterocycles. The summed E-state index contributed by atoms with van der Waals surface area (Å²) in [6.45, 7) is 0. The molecule has 0 N–H and O–H groups in total. The van der Waals surface area contributed by atoms with Gasteiger partial charge >= 0.3 is 5.97 Å². The summed E-state index contributed by atoms with van der Waals surface area (Å²) < 4.78 is 17.7. The summed E-state index contributed by atoms with van der Waals surface area (Å²) in [5.74, 6) is -0.898. The molecule has 1 aliphatic rings. The highest BCUT2D eigenvalue weighted by Crippen LogP contribution is 2.28. The number of hydrogen-bond donors (Lipinski definition) is 0. The summed E-state index contributed by atoms with van der Waals surface area (Å²) in [6.07, 6.45) is 4.68. The molecule has 1 aliphatic carbocycles. The maximum absolute atomic E-state index is 12.9. The molecule has 3 nitrogen and oxygen atoms in total. The number of ketones is 1. The first-order valence-corrected chi connectivity index (χ1v) is 7.45. The first kappa shape index (κ1) is 15.7. The Hall–Kier alpha value is -1.71. The Balaban J connectivity index is 2.01. The van der Waals surface area contributed by atoms with E-state index in [0.717, 1.165) is 31.2 Å². The van der Waals surface area contributed by atoms with Crippen LogP contribution >= 0.6 is 0 Å². The van der Waals surface area contributed by atoms with Crippen molar-refractivity contribution in [3.8, 4) is 0 Å². The lowest BCUT2D eigenvalue weighted by Gasteiger charge is -2.16. The number of esters is 1. The second-order valence-electron chi connectivity index (χ2n) is 5.70. The van der Waals surface area contributed by atoms with E-state index in [0.29, 0.717) is 6.42 Å². The predicted molar refractivity (Wildman–Crippen MR) is 77.2 cm³/mol. The summed E-state index contributed by atoms with van der Waals surface area (Å²) in [4.78, 5) is 24.1. The molecule has 0 spiro atoms. The molecular weight excluding hydrogens is 271 g/mol. The lowest BCUT2D eigenvalue weighted by atomic mass is 9.89. The zero-order chi connectivity index (χ0) is 15.2. The molecule has 0 aliphatic heterocycles. The van der Waals surface area contributed by atoms with Crippen LogP contribution in [0.1, 0.15) is 37.7 Å². The molecule has 0 amide bonds. The number of rotatable bonds is 6. The standard InChI is InChI=1S/C17H21FO3/c1-21-17(20)14(10-12-6-8-15(18)9-7-12)11-16(19)13-4-2-3-5-13/h6-9,13-14H,2-5,10-11H2,1H3/t14-/m1/s1. The highest BCUT2D eigenvalue weighted by Gasteiger charge is 2.28. The van der Waals surface area contributed by atoms with E-state index in [9.17, 15) is 14.0 Å². The van der Waals surface area contributed by atoms with E-state index in [4.69, 9.17) is 4.74 Å². The van der Waals surface area contributed by atoms with Gasteiger partial charge in [0.2, 0.25) is 0 Å². The third-order valence-electron chi connectivity index (χ3n) is 4.19. The Morgan fingerprint density at radius 3 is 2.43 bits per heavy atom. The topological polar surface area (TPSA) is 43.4 Å². The van der Waals surface area contributed by atoms with Crippen molar-refractivity contribution in [2.45, 2.75) is 38.5 Å². The van der Waals surface area contributed by atoms with Crippen LogP contribution < -0.4 is 0 Å². The SMILES string of the molecule is COC(=O)[C@@H](CC(=O)C1CCCC1)Cc1ccc(F)cc1. The van der Waals surface area contributed by atoms with Crippen LogP contribution in [0, 0.1) is 17.7 Å². The monoisotopic (exact) mass is 292 g/mol. The highest BCUT2D eigenvalue weighted by atomic mass is 19.1. The number of carbonyl (C=O) groups is 2. The van der Waals surface area contributed by atoms with Crippen molar-refractivity contribution in [3.05, 3.63) is 35.6 Å². The minimum absolute atomic E-state index is 0.102. The van der Waals surface area contributed by atoms with Gasteiger partial charge in [-0.1, -0.05) is 25.0 Å². The summed E-state index contributed by atoms with van der Waals surface area (Å²) in [6, 6.07) is 6.02. The fourth-order valence-electron chi connectivity index (χ4n) is 2.97. The zero-order valence-corrected chi connectivity index (χ0v) is 12.3. The lowest BCUT2D eigenvalue weighted by molar-refractivity contribution is -0.147. The molecule has 0 bridgehead atoms. The average molecular weight is 292 g/mol. The van der Waals surface area contributed by atoms with Gasteiger partial charge in [-0.25, -0.2) is 4.39 Å². The molecule has 1 atom stereocenters. The van der Waals surface area contributed by atoms with E-state index in [1.807, 2.05) is 0 Å². The van der Waals surface area contributed by atoms with Crippen LogP contribution in [0.4, 0.5) is 4.39 Å². The van der Waals surface area contributed by atoms with Crippen molar-refractivity contribution >= 4 is 11.8 Å². The van der Waals surface area contributed by atoms with Crippen LogP contribution in [-0.4, -0.2) is 18.9 Å². The summed E-state index contributed by atoms with van der Waals surface area (Å²) >= 11 is 0. The first-order chi connectivity index (χ1) is 10.1. The fraction of sp³-hybridized carbons (Fsp3) is 0.529. The van der Waals surface area contributed by atoms with Gasteiger partial charge in [-0.3, -0.25) is 9.59 Å². The van der Waals surface area contributed by atoms with Gasteiger partial charge in [-0.15, -0.1) is 0 Å². The minimum Gasteiger partial charge on any atom is -0.469 e. The molecular formula is C17H21FO3. The van der Waals surface area contributed by atoms with Crippen LogP contribution in [0.25, 0.3) is 0 Å². The number of methoxy groups -OCH3 is 1. The highest BCUT2D eigenvalue weighted by molar-refractivity contribution is 5.86. The largest absolute Gasteiger partial charge is 0.469 e. The van der Waals surface area contributed by atoms with Crippen molar-refractivity contribution < 1.29 is 18.7 Å². The van der Waals surface area contributed by atoms with Crippen molar-refractivity contribution in [3.63, 3.8) is 0 Å². The van der Waals surface area contributed by atoms with E-state index in [2.05, 4.69) is 0 Å². The Bertz CT molecular complexity index is 489. The second kappa shape index (κ2) is 7.34. The Labute approximate surface area is 124 Å². The van der Waals surface area contributed by atoms with Gasteiger partial charge in [-0.05, 0) is 37.0 Å². The Kier molecular flexibility index (Phi) is 5.48. The third kappa shape index (κ3) is 4.38. The maximum atomic E-state index is 12.9. The second-order valence-corrected chi connectivity index (χ2v) is 5.70. The molecule has 0 saturated heterocycles. The minimum atomic E-state index is -0.478. The molecule has 2 rings (SSSR count). The van der Waals surface area contributed by atoms with Crippen LogP contribution in [-0.2, 0) is 20.7 Å². The Morgan fingerprint density at radius 2 is 1.86 bits per heavy atom. The van der Waals surface area contributed by atoms with Crippen LogP contribution in [0.5, 0.6) is 0 Å². The van der Waals surface area contributed by atoms with Crippen LogP contribution in [0.3, 0.4) is 0 Å². The molecule has 1 fully saturated rings. The van der Waals surface area contributed by atoms with Gasteiger partial charge in [0.25, 0.3) is 0 Å². The van der Waals surface area contributed by atoms with E-state index < -0.39 is 5.92 Å². The molecule has 0 unspecified atom stereocenters. The lowest BCUT2D eigenvalue weighted by Crippen LogP contribution is -2.24. The van der Waals surface area contributed by atoms with Crippen molar-refractivity contribution in [2.24, 2.45) is 11.8 Å². The molecule has 1 aromatic carbocycles. The summed E-state index contributed by atoms with van der Waals surface area (Å²) in [5, 5.41) is 0. The predicted octanol–water partition coefficient (Wildman–Crippen LogP) is 3.31. The quantitative estimate of drug-likeness (QED) is 0.756. The zero-order valence-electron chi connectivity index (χ0n) is 12.3. The normalized spacial score (nSPS) is 16.7. The molecule has 114 valence electrons. The van der Waals surface area contributed by atoms with Crippen LogP contribution in [0.15, 0.2) is 24.3 Å². The van der Waals surface area contributed by atoms with Gasteiger partial charge in [0.1, 0.15) is 11.6 Å². The first-order valence-electron chi connectivity index (χ1n) is 7.45. The van der Waals surface area contributed by atoms with Gasteiger partial charge in [0, 0.05) is 12.3 Å². The molecule has 0 radical (unpaired) electrons. The third-order valence-corrected chi connectivity index (χ3v) is 4.19. The molecule has 1 aromatic rings. The van der Waals surface area contributed by atoms with Gasteiger partial charge in [-0.2, -0.15) is 0 Å². The van der Waals surface area contributed by atoms with Crippen molar-refractivity contribution in [1.82, 2.24) is 0 Å². The smallest absolute Gasteiger partial charge is 0.309 e. The summed E-state index contributed by atoms with van der Waals surface area (Å²) in [5.41, 5.74) is 0.839. The fourth-order valence-corrected chi connectivity index (χ4v) is 2.97. The van der Waals surface area contributed by atoms with Gasteiger partial charge in [0.15, 0.2) is 0 Å². The van der Waals surface area contributed by atoms with Crippen LogP contribution in [0.2, 0.25) is 0 Å². The van der Waals surface area contributed by atoms with Gasteiger partial charge in [0.05, 0.1) is 13.0 Å². The average Bonchev–Trinajstić information content (AvgIpc) is 3.02. The number of carbonyl (C=O) groups excluding carboxylic acids is 2. The van der Waals surface area contributed by atoms with E-state index >= 15 is 0 Å². The van der Waals surface area contributed by atoms with Crippen molar-refractivity contribution in [1.29, 1.82) is 0 Å².